The van der Waals surface area contributed by atoms with Crippen LogP contribution >= 0.6 is 0 Å². The molecular weight excluding hydrogens is 803 g/mol. The van der Waals surface area contributed by atoms with Gasteiger partial charge in [-0.3, -0.25) is 9.59 Å². The van der Waals surface area contributed by atoms with Crippen molar-refractivity contribution in [3.05, 3.63) is 24.3 Å². The molecule has 0 spiro atoms. The average molecular weight is 917 g/mol. The van der Waals surface area contributed by atoms with Gasteiger partial charge in [0.1, 0.15) is 0 Å². The molecule has 0 aliphatic rings. The van der Waals surface area contributed by atoms with E-state index in [4.69, 9.17) is 4.74 Å². The second-order valence-electron chi connectivity index (χ2n) is 20.0. The molecule has 3 N–H and O–H groups in total. The van der Waals surface area contributed by atoms with Gasteiger partial charge in [0.2, 0.25) is 5.91 Å². The Balaban J connectivity index is 3.38. The van der Waals surface area contributed by atoms with Crippen molar-refractivity contribution in [2.75, 3.05) is 13.2 Å². The van der Waals surface area contributed by atoms with Gasteiger partial charge < -0.3 is 20.3 Å². The van der Waals surface area contributed by atoms with Crippen molar-refractivity contribution < 1.29 is 24.5 Å². The zero-order valence-electron chi connectivity index (χ0n) is 43.7. The minimum Gasteiger partial charge on any atom is -0.466 e. The van der Waals surface area contributed by atoms with Crippen LogP contribution in [0.4, 0.5) is 0 Å². The molecule has 0 bridgehead atoms. The second-order valence-corrected chi connectivity index (χ2v) is 20.0. The van der Waals surface area contributed by atoms with Crippen LogP contribution in [0.15, 0.2) is 24.3 Å². The first-order valence-electron chi connectivity index (χ1n) is 29.1. The topological polar surface area (TPSA) is 95.9 Å². The molecule has 0 fully saturated rings. The third-order valence-corrected chi connectivity index (χ3v) is 13.5. The molecule has 6 heteroatoms. The minimum absolute atomic E-state index is 0.00397. The summed E-state index contributed by atoms with van der Waals surface area (Å²) in [6.45, 7) is 4.89. The molecule has 0 radical (unpaired) electrons. The Morgan fingerprint density at radius 1 is 0.415 bits per heavy atom. The summed E-state index contributed by atoms with van der Waals surface area (Å²) in [5.41, 5.74) is 0. The molecule has 0 aromatic rings. The van der Waals surface area contributed by atoms with Crippen LogP contribution in [0.2, 0.25) is 0 Å². The van der Waals surface area contributed by atoms with Crippen LogP contribution in [0.1, 0.15) is 316 Å². The monoisotopic (exact) mass is 916 g/mol. The van der Waals surface area contributed by atoms with E-state index in [-0.39, 0.29) is 18.5 Å². The molecule has 2 atom stereocenters. The lowest BCUT2D eigenvalue weighted by Crippen LogP contribution is -2.45. The Morgan fingerprint density at radius 2 is 0.723 bits per heavy atom. The number of unbranched alkanes of at least 4 members (excludes halogenated alkanes) is 41. The van der Waals surface area contributed by atoms with Gasteiger partial charge >= 0.3 is 5.97 Å². The fraction of sp³-hybridized carbons (Fsp3) is 0.898. The first-order valence-corrected chi connectivity index (χ1v) is 29.1. The Bertz CT molecular complexity index is 1010. The summed E-state index contributed by atoms with van der Waals surface area (Å²) in [6.07, 6.45) is 66.3. The third-order valence-electron chi connectivity index (χ3n) is 13.5. The Labute approximate surface area is 405 Å². The summed E-state index contributed by atoms with van der Waals surface area (Å²) in [4.78, 5) is 24.5. The standard InChI is InChI=1S/C59H113NO5/c1-3-5-7-9-11-13-15-16-17-26-29-33-37-41-45-49-53-59(64)65-54-50-46-42-38-34-30-27-24-22-20-18-19-21-23-25-28-32-36-40-44-48-52-58(63)60-56(55-61)57(62)51-47-43-39-35-31-14-12-10-8-6-4-2/h17,26,47,51,56-57,61-62H,3-16,18-25,27-46,48-50,52-55H2,1-2H3,(H,60,63)/b26-17-,51-47+. The molecule has 0 heterocycles. The summed E-state index contributed by atoms with van der Waals surface area (Å²) < 4.78 is 5.48. The van der Waals surface area contributed by atoms with Crippen molar-refractivity contribution in [1.29, 1.82) is 0 Å². The number of hydrogen-bond acceptors (Lipinski definition) is 5. The van der Waals surface area contributed by atoms with E-state index in [9.17, 15) is 19.8 Å². The van der Waals surface area contributed by atoms with Crippen LogP contribution in [-0.2, 0) is 14.3 Å². The number of ether oxygens (including phenoxy) is 1. The van der Waals surface area contributed by atoms with E-state index in [1.807, 2.05) is 6.08 Å². The highest BCUT2D eigenvalue weighted by atomic mass is 16.5. The first-order chi connectivity index (χ1) is 32.0. The maximum Gasteiger partial charge on any atom is 0.305 e. The van der Waals surface area contributed by atoms with E-state index in [0.717, 1.165) is 44.9 Å². The number of allylic oxidation sites excluding steroid dienone is 3. The number of nitrogens with one attached hydrogen (secondary N) is 1. The lowest BCUT2D eigenvalue weighted by atomic mass is 10.0. The van der Waals surface area contributed by atoms with E-state index in [0.29, 0.717) is 19.4 Å². The number of carbonyl (C=O) groups is 2. The zero-order chi connectivity index (χ0) is 47.2. The minimum atomic E-state index is -0.843. The SMILES string of the molecule is CCCCCCCCC/C=C\CCCCCCCC(=O)OCCCCCCCCCCCCCCCCCCCCCCCC(=O)NC(CO)C(O)/C=C/CCCCCCCCCCC. The Morgan fingerprint density at radius 3 is 1.09 bits per heavy atom. The van der Waals surface area contributed by atoms with Gasteiger partial charge in [-0.1, -0.05) is 269 Å². The molecule has 0 aliphatic heterocycles. The molecule has 1 amide bonds. The smallest absolute Gasteiger partial charge is 0.305 e. The molecular formula is C59H113NO5. The van der Waals surface area contributed by atoms with Gasteiger partial charge in [-0.15, -0.1) is 0 Å². The van der Waals surface area contributed by atoms with Crippen molar-refractivity contribution in [1.82, 2.24) is 5.32 Å². The molecule has 0 aromatic heterocycles. The van der Waals surface area contributed by atoms with E-state index < -0.39 is 12.1 Å². The fourth-order valence-corrected chi connectivity index (χ4v) is 8.98. The van der Waals surface area contributed by atoms with E-state index in [1.165, 1.54) is 244 Å². The highest BCUT2D eigenvalue weighted by Crippen LogP contribution is 2.17. The second kappa shape index (κ2) is 54.9. The highest BCUT2D eigenvalue weighted by Gasteiger charge is 2.18. The van der Waals surface area contributed by atoms with Crippen LogP contribution in [0.5, 0.6) is 0 Å². The molecule has 6 nitrogen and oxygen atoms in total. The first kappa shape index (κ1) is 63.3. The summed E-state index contributed by atoms with van der Waals surface area (Å²) in [5, 5.41) is 23.0. The number of rotatable bonds is 54. The number of aliphatic hydroxyl groups excluding tert-OH is 2. The molecule has 65 heavy (non-hydrogen) atoms. The highest BCUT2D eigenvalue weighted by molar-refractivity contribution is 5.76. The molecule has 0 saturated carbocycles. The molecule has 0 saturated heterocycles. The number of hydrogen-bond donors (Lipinski definition) is 3. The van der Waals surface area contributed by atoms with Crippen LogP contribution in [0.25, 0.3) is 0 Å². The van der Waals surface area contributed by atoms with E-state index >= 15 is 0 Å². The van der Waals surface area contributed by atoms with Crippen molar-refractivity contribution in [3.63, 3.8) is 0 Å². The van der Waals surface area contributed by atoms with Crippen LogP contribution < -0.4 is 5.32 Å². The van der Waals surface area contributed by atoms with Crippen LogP contribution in [0.3, 0.4) is 0 Å². The van der Waals surface area contributed by atoms with Gasteiger partial charge in [0, 0.05) is 12.8 Å². The third kappa shape index (κ3) is 51.6. The predicted octanol–water partition coefficient (Wildman–Crippen LogP) is 17.9. The fourth-order valence-electron chi connectivity index (χ4n) is 8.98. The summed E-state index contributed by atoms with van der Waals surface area (Å²) in [5.74, 6) is -0.0658. The van der Waals surface area contributed by atoms with Gasteiger partial charge in [-0.05, 0) is 57.8 Å². The van der Waals surface area contributed by atoms with Gasteiger partial charge in [-0.2, -0.15) is 0 Å². The number of esters is 1. The molecule has 2 unspecified atom stereocenters. The number of amides is 1. The lowest BCUT2D eigenvalue weighted by molar-refractivity contribution is -0.143. The molecule has 0 aromatic carbocycles. The molecule has 0 aliphatic carbocycles. The Hall–Kier alpha value is -1.66. The molecule has 384 valence electrons. The number of aliphatic hydroxyl groups is 2. The van der Waals surface area contributed by atoms with Gasteiger partial charge in [0.25, 0.3) is 0 Å². The van der Waals surface area contributed by atoms with Crippen LogP contribution in [-0.4, -0.2) is 47.4 Å². The van der Waals surface area contributed by atoms with E-state index in [1.54, 1.807) is 6.08 Å². The van der Waals surface area contributed by atoms with Gasteiger partial charge in [0.15, 0.2) is 0 Å². The normalized spacial score (nSPS) is 12.7. The summed E-state index contributed by atoms with van der Waals surface area (Å²) in [7, 11) is 0. The molecule has 0 rings (SSSR count). The van der Waals surface area contributed by atoms with Gasteiger partial charge in [-0.25, -0.2) is 0 Å². The largest absolute Gasteiger partial charge is 0.466 e. The van der Waals surface area contributed by atoms with Crippen molar-refractivity contribution >= 4 is 11.9 Å². The van der Waals surface area contributed by atoms with Crippen molar-refractivity contribution in [2.24, 2.45) is 0 Å². The van der Waals surface area contributed by atoms with Crippen molar-refractivity contribution in [3.8, 4) is 0 Å². The summed E-state index contributed by atoms with van der Waals surface area (Å²) >= 11 is 0. The average Bonchev–Trinajstić information content (AvgIpc) is 3.31. The van der Waals surface area contributed by atoms with Crippen molar-refractivity contribution in [2.45, 2.75) is 328 Å². The maximum absolute atomic E-state index is 12.4. The quantitative estimate of drug-likeness (QED) is 0.0321. The maximum atomic E-state index is 12.4. The number of carbonyl (C=O) groups excluding carboxylic acids is 2. The lowest BCUT2D eigenvalue weighted by Gasteiger charge is -2.20. The predicted molar refractivity (Wildman–Crippen MR) is 283 cm³/mol. The van der Waals surface area contributed by atoms with Gasteiger partial charge in [0.05, 0.1) is 25.4 Å². The Kier molecular flexibility index (Phi) is 53.5. The summed E-state index contributed by atoms with van der Waals surface area (Å²) in [6, 6.07) is -0.627. The van der Waals surface area contributed by atoms with Crippen LogP contribution in [0, 0.1) is 0 Å². The zero-order valence-corrected chi connectivity index (χ0v) is 43.7. The van der Waals surface area contributed by atoms with E-state index in [2.05, 4.69) is 31.3 Å².